The van der Waals surface area contributed by atoms with E-state index in [4.69, 9.17) is 9.39 Å². The second kappa shape index (κ2) is 16.0. The Bertz CT molecular complexity index is 1720. The highest BCUT2D eigenvalue weighted by Crippen LogP contribution is 2.51. The average molecular weight is 689 g/mol. The summed E-state index contributed by atoms with van der Waals surface area (Å²) in [6, 6.07) is 27.2. The smallest absolute Gasteiger partial charge is 0.455 e. The third-order valence-corrected chi connectivity index (χ3v) is 11.2. The van der Waals surface area contributed by atoms with Gasteiger partial charge in [-0.25, -0.2) is 0 Å². The predicted molar refractivity (Wildman–Crippen MR) is 199 cm³/mol. The molecule has 3 heterocycles. The van der Waals surface area contributed by atoms with E-state index in [0.717, 1.165) is 74.2 Å². The van der Waals surface area contributed by atoms with Gasteiger partial charge in [0.05, 0.1) is 17.9 Å². The predicted octanol–water partition coefficient (Wildman–Crippen LogP) is 6.90. The summed E-state index contributed by atoms with van der Waals surface area (Å²) in [4.78, 5) is 32.7. The Morgan fingerprint density at radius 2 is 1.63 bits per heavy atom. The van der Waals surface area contributed by atoms with Gasteiger partial charge in [-0.3, -0.25) is 19.4 Å². The lowest BCUT2D eigenvalue weighted by Crippen LogP contribution is -2.48. The van der Waals surface area contributed by atoms with Crippen LogP contribution in [0.15, 0.2) is 102 Å². The van der Waals surface area contributed by atoms with E-state index in [1.165, 1.54) is 11.1 Å². The number of benzene rings is 3. The molecule has 8 nitrogen and oxygen atoms in total. The van der Waals surface area contributed by atoms with Gasteiger partial charge in [0.25, 0.3) is 0 Å². The molecule has 4 atom stereocenters. The van der Waals surface area contributed by atoms with E-state index < -0.39 is 25.1 Å². The highest BCUT2D eigenvalue weighted by molar-refractivity contribution is 6.43. The SMILES string of the molecule is CCC/C(=C\c1ccc(O)cc1)CC[C@H]1OB(O)C[C@H]2C1=C(COc1ccccc1)C[C@H]1C(=O)N(C3CCN(Cc4ccccc4)CC3)C(=O)[C@H]12. The quantitative estimate of drug-likeness (QED) is 0.121. The molecule has 4 aliphatic rings. The Balaban J connectivity index is 1.12. The van der Waals surface area contributed by atoms with Crippen LogP contribution in [0, 0.1) is 17.8 Å². The van der Waals surface area contributed by atoms with Crippen molar-refractivity contribution in [1.82, 2.24) is 9.80 Å². The zero-order chi connectivity index (χ0) is 35.3. The summed E-state index contributed by atoms with van der Waals surface area (Å²) in [5, 5.41) is 20.9. The van der Waals surface area contributed by atoms with Crippen LogP contribution in [0.25, 0.3) is 6.08 Å². The maximum atomic E-state index is 14.4. The molecular formula is C42H49BN2O6. The molecule has 0 saturated carbocycles. The van der Waals surface area contributed by atoms with Crippen LogP contribution in [-0.2, 0) is 20.8 Å². The molecule has 0 radical (unpaired) electrons. The third kappa shape index (κ3) is 8.01. The Kier molecular flexibility index (Phi) is 11.1. The van der Waals surface area contributed by atoms with Crippen molar-refractivity contribution < 1.29 is 29.1 Å². The molecule has 3 fully saturated rings. The van der Waals surface area contributed by atoms with Crippen LogP contribution in [0.4, 0.5) is 0 Å². The number of likely N-dealkylation sites (tertiary alicyclic amines) is 2. The third-order valence-electron chi connectivity index (χ3n) is 11.2. The molecule has 266 valence electrons. The van der Waals surface area contributed by atoms with E-state index in [2.05, 4.69) is 42.2 Å². The van der Waals surface area contributed by atoms with Crippen LogP contribution in [0.3, 0.4) is 0 Å². The molecule has 51 heavy (non-hydrogen) atoms. The number of rotatable bonds is 12. The van der Waals surface area contributed by atoms with Gasteiger partial charge in [0, 0.05) is 25.7 Å². The molecule has 3 saturated heterocycles. The molecule has 1 aliphatic carbocycles. The van der Waals surface area contributed by atoms with E-state index in [9.17, 15) is 19.7 Å². The second-order valence-corrected chi connectivity index (χ2v) is 14.6. The Labute approximate surface area is 301 Å². The highest BCUT2D eigenvalue weighted by Gasteiger charge is 2.58. The molecule has 0 bridgehead atoms. The van der Waals surface area contributed by atoms with Gasteiger partial charge < -0.3 is 19.5 Å². The Hall–Kier alpha value is -4.18. The zero-order valence-electron chi connectivity index (χ0n) is 29.5. The Morgan fingerprint density at radius 1 is 0.922 bits per heavy atom. The summed E-state index contributed by atoms with van der Waals surface area (Å²) < 4.78 is 12.6. The van der Waals surface area contributed by atoms with Crippen molar-refractivity contribution in [3.8, 4) is 11.5 Å². The number of carbonyl (C=O) groups excluding carboxylic acids is 2. The van der Waals surface area contributed by atoms with Crippen molar-refractivity contribution in [2.24, 2.45) is 17.8 Å². The van der Waals surface area contributed by atoms with Gasteiger partial charge in [0.2, 0.25) is 11.8 Å². The molecule has 0 spiro atoms. The number of piperidine rings is 1. The van der Waals surface area contributed by atoms with E-state index in [1.807, 2.05) is 48.5 Å². The van der Waals surface area contributed by atoms with Gasteiger partial charge in [-0.05, 0) is 97.3 Å². The fourth-order valence-corrected chi connectivity index (χ4v) is 8.86. The summed E-state index contributed by atoms with van der Waals surface area (Å²) >= 11 is 0. The first kappa shape index (κ1) is 35.2. The zero-order valence-corrected chi connectivity index (χ0v) is 29.5. The number of hydrogen-bond acceptors (Lipinski definition) is 7. The van der Waals surface area contributed by atoms with Crippen LogP contribution in [0.5, 0.6) is 11.5 Å². The van der Waals surface area contributed by atoms with E-state index in [1.54, 1.807) is 17.0 Å². The van der Waals surface area contributed by atoms with Crippen molar-refractivity contribution in [2.75, 3.05) is 19.7 Å². The lowest BCUT2D eigenvalue weighted by Gasteiger charge is -2.43. The number of phenolic OH excluding ortho intramolecular Hbond substituents is 1. The average Bonchev–Trinajstić information content (AvgIpc) is 3.40. The van der Waals surface area contributed by atoms with Crippen LogP contribution in [-0.4, -0.2) is 70.7 Å². The van der Waals surface area contributed by atoms with Crippen molar-refractivity contribution >= 4 is 25.0 Å². The van der Waals surface area contributed by atoms with E-state index in [-0.39, 0.29) is 35.8 Å². The lowest BCUT2D eigenvalue weighted by molar-refractivity contribution is -0.144. The minimum atomic E-state index is -1.02. The lowest BCUT2D eigenvalue weighted by atomic mass is 9.58. The van der Waals surface area contributed by atoms with Crippen molar-refractivity contribution in [3.05, 3.63) is 113 Å². The van der Waals surface area contributed by atoms with Crippen LogP contribution in [0.2, 0.25) is 6.32 Å². The molecule has 3 aliphatic heterocycles. The normalized spacial score (nSPS) is 24.5. The number of ether oxygens (including phenoxy) is 1. The second-order valence-electron chi connectivity index (χ2n) is 14.6. The first-order valence-corrected chi connectivity index (χ1v) is 18.7. The number of allylic oxidation sites excluding steroid dienone is 1. The number of nitrogens with zero attached hydrogens (tertiary/aromatic N) is 2. The molecule has 7 rings (SSSR count). The van der Waals surface area contributed by atoms with Crippen LogP contribution in [0.1, 0.15) is 63.0 Å². The number of hydrogen-bond donors (Lipinski definition) is 2. The summed E-state index contributed by atoms with van der Waals surface area (Å²) in [5.74, 6) is -0.414. The summed E-state index contributed by atoms with van der Waals surface area (Å²) in [5.41, 5.74) is 5.61. The summed E-state index contributed by atoms with van der Waals surface area (Å²) in [7, 11) is -1.02. The number of carbonyl (C=O) groups is 2. The van der Waals surface area contributed by atoms with Gasteiger partial charge in [-0.15, -0.1) is 0 Å². The number of amides is 2. The topological polar surface area (TPSA) is 99.5 Å². The largest absolute Gasteiger partial charge is 0.508 e. The van der Waals surface area contributed by atoms with Crippen molar-refractivity contribution in [2.45, 2.75) is 76.9 Å². The fourth-order valence-electron chi connectivity index (χ4n) is 8.86. The van der Waals surface area contributed by atoms with Gasteiger partial charge >= 0.3 is 7.12 Å². The fraction of sp³-hybridized carbons (Fsp3) is 0.429. The Morgan fingerprint density at radius 3 is 2.33 bits per heavy atom. The van der Waals surface area contributed by atoms with Crippen LogP contribution >= 0.6 is 0 Å². The van der Waals surface area contributed by atoms with Gasteiger partial charge in [-0.2, -0.15) is 0 Å². The maximum Gasteiger partial charge on any atom is 0.455 e. The molecule has 3 aromatic carbocycles. The number of aromatic hydroxyl groups is 1. The molecule has 0 unspecified atom stereocenters. The molecular weight excluding hydrogens is 639 g/mol. The number of fused-ring (bicyclic) bond motifs is 3. The highest BCUT2D eigenvalue weighted by atomic mass is 16.5. The van der Waals surface area contributed by atoms with Gasteiger partial charge in [0.15, 0.2) is 0 Å². The molecule has 2 N–H and O–H groups in total. The molecule has 0 aromatic heterocycles. The van der Waals surface area contributed by atoms with E-state index in [0.29, 0.717) is 19.4 Å². The van der Waals surface area contributed by atoms with Gasteiger partial charge in [-0.1, -0.05) is 85.7 Å². The van der Waals surface area contributed by atoms with Gasteiger partial charge in [0.1, 0.15) is 18.1 Å². The molecule has 3 aromatic rings. The number of phenols is 1. The van der Waals surface area contributed by atoms with Crippen LogP contribution < -0.4 is 4.74 Å². The van der Waals surface area contributed by atoms with Crippen molar-refractivity contribution in [3.63, 3.8) is 0 Å². The molecule has 2 amide bonds. The summed E-state index contributed by atoms with van der Waals surface area (Å²) in [6.45, 7) is 5.00. The first-order chi connectivity index (χ1) is 24.9. The minimum absolute atomic E-state index is 0.0673. The summed E-state index contributed by atoms with van der Waals surface area (Å²) in [6.07, 6.45) is 7.35. The van der Waals surface area contributed by atoms with E-state index >= 15 is 0 Å². The first-order valence-electron chi connectivity index (χ1n) is 18.7. The monoisotopic (exact) mass is 688 g/mol. The standard InChI is InChI=1S/C42H49BN2O6/c1-2-9-29(24-30-14-17-34(46)18-15-30)16-19-38-39-32(28-50-35-12-7-4-8-13-35)25-36-40(37(39)26-43(49)51-38)42(48)45(41(36)47)33-20-22-44(23-21-33)27-31-10-5-3-6-11-31/h3-8,10-15,17-18,24,33,36-38,40,46,49H,2,9,16,19-23,25-28H2,1H3/b29-24+/t36-,37+,38-,40-/m1/s1. The number of para-hydroxylation sites is 1. The maximum absolute atomic E-state index is 14.4. The number of imide groups is 1. The minimum Gasteiger partial charge on any atom is -0.508 e. The molecule has 9 heteroatoms. The van der Waals surface area contributed by atoms with Crippen molar-refractivity contribution in [1.29, 1.82) is 0 Å².